The number of carbonyl (C=O) groups is 2. The maximum absolute atomic E-state index is 12.7. The molecule has 1 aromatic rings. The summed E-state index contributed by atoms with van der Waals surface area (Å²) in [5, 5.41) is 5.76. The van der Waals surface area contributed by atoms with Crippen LogP contribution < -0.4 is 16.4 Å². The number of nitrogens with one attached hydrogen (secondary N) is 2. The maximum atomic E-state index is 12.7. The van der Waals surface area contributed by atoms with Crippen LogP contribution in [0.1, 0.15) is 34.1 Å². The summed E-state index contributed by atoms with van der Waals surface area (Å²) in [6.07, 6.45) is 0.432. The lowest BCUT2D eigenvalue weighted by Crippen LogP contribution is -2.74. The summed E-state index contributed by atoms with van der Waals surface area (Å²) in [5.74, 6) is -0.487. The Labute approximate surface area is 147 Å². The Kier molecular flexibility index (Phi) is 5.22. The van der Waals surface area contributed by atoms with E-state index < -0.39 is 11.0 Å². The second-order valence-corrected chi connectivity index (χ2v) is 7.08. The van der Waals surface area contributed by atoms with Gasteiger partial charge in [-0.2, -0.15) is 0 Å². The molecule has 0 radical (unpaired) electrons. The van der Waals surface area contributed by atoms with Gasteiger partial charge in [-0.1, -0.05) is 25.4 Å². The van der Waals surface area contributed by atoms with Crippen LogP contribution in [0.4, 0.5) is 11.4 Å². The van der Waals surface area contributed by atoms with E-state index in [0.29, 0.717) is 29.4 Å². The lowest BCUT2D eigenvalue weighted by molar-refractivity contribution is -0.166. The van der Waals surface area contributed by atoms with Gasteiger partial charge in [-0.15, -0.1) is 0 Å². The lowest BCUT2D eigenvalue weighted by Gasteiger charge is -2.57. The predicted octanol–water partition coefficient (Wildman–Crippen LogP) is 2.77. The van der Waals surface area contributed by atoms with E-state index in [2.05, 4.69) is 10.6 Å². The first-order valence-electron chi connectivity index (χ1n) is 7.91. The highest BCUT2D eigenvalue weighted by Gasteiger charge is 2.62. The smallest absolute Gasteiger partial charge is 0.245 e. The molecule has 1 saturated carbocycles. The molecule has 2 amide bonds. The van der Waals surface area contributed by atoms with E-state index in [-0.39, 0.29) is 17.9 Å². The van der Waals surface area contributed by atoms with Crippen LogP contribution in [0.2, 0.25) is 5.02 Å². The second-order valence-electron chi connectivity index (χ2n) is 6.67. The molecule has 6 nitrogen and oxygen atoms in total. The molecule has 0 aromatic heterocycles. The minimum atomic E-state index is -1.00. The summed E-state index contributed by atoms with van der Waals surface area (Å²) in [6, 6.07) is 4.89. The Hall–Kier alpha value is -1.63. The van der Waals surface area contributed by atoms with Gasteiger partial charge >= 0.3 is 0 Å². The maximum Gasteiger partial charge on any atom is 0.245 e. The molecule has 0 aliphatic heterocycles. The number of carbonyl (C=O) groups excluding carboxylic acids is 2. The quantitative estimate of drug-likeness (QED) is 0.758. The largest absolute Gasteiger partial charge is 0.378 e. The van der Waals surface area contributed by atoms with Crippen molar-refractivity contribution in [3.05, 3.63) is 23.2 Å². The molecule has 1 fully saturated rings. The minimum Gasteiger partial charge on any atom is -0.378 e. The minimum absolute atomic E-state index is 0.0380. The van der Waals surface area contributed by atoms with Gasteiger partial charge in [0.2, 0.25) is 11.8 Å². The fraction of sp³-hybridized carbons (Fsp3) is 0.529. The fourth-order valence-electron chi connectivity index (χ4n) is 2.95. The van der Waals surface area contributed by atoms with Gasteiger partial charge in [-0.25, -0.2) is 0 Å². The standard InChI is InChI=1S/C17H24ClN3O3/c1-5-24-14-9-17(19,16(14,3)4)15(23)21-11-6-7-13(12(18)8-11)20-10(2)22/h6-8,14H,5,9,19H2,1-4H3,(H,20,22)(H,21,23). The van der Waals surface area contributed by atoms with Crippen molar-refractivity contribution < 1.29 is 14.3 Å². The third-order valence-electron chi connectivity index (χ3n) is 4.77. The van der Waals surface area contributed by atoms with Crippen LogP contribution in [0, 0.1) is 5.41 Å². The molecular formula is C17H24ClN3O3. The van der Waals surface area contributed by atoms with Crippen LogP contribution in [-0.2, 0) is 14.3 Å². The molecule has 2 unspecified atom stereocenters. The van der Waals surface area contributed by atoms with Gasteiger partial charge in [0.25, 0.3) is 0 Å². The molecule has 2 atom stereocenters. The Morgan fingerprint density at radius 3 is 2.54 bits per heavy atom. The molecule has 7 heteroatoms. The zero-order chi connectivity index (χ0) is 18.1. The van der Waals surface area contributed by atoms with Crippen LogP contribution in [0.15, 0.2) is 18.2 Å². The Bertz CT molecular complexity index is 662. The molecule has 132 valence electrons. The second kappa shape index (κ2) is 6.70. The summed E-state index contributed by atoms with van der Waals surface area (Å²) in [5.41, 5.74) is 5.89. The van der Waals surface area contributed by atoms with E-state index >= 15 is 0 Å². The highest BCUT2D eigenvalue weighted by Crippen LogP contribution is 2.50. The van der Waals surface area contributed by atoms with Crippen molar-refractivity contribution in [3.8, 4) is 0 Å². The van der Waals surface area contributed by atoms with Crippen LogP contribution >= 0.6 is 11.6 Å². The van der Waals surface area contributed by atoms with Crippen molar-refractivity contribution in [2.24, 2.45) is 11.1 Å². The molecule has 1 aliphatic rings. The van der Waals surface area contributed by atoms with E-state index in [0.717, 1.165) is 0 Å². The highest BCUT2D eigenvalue weighted by atomic mass is 35.5. The van der Waals surface area contributed by atoms with Gasteiger partial charge in [-0.3, -0.25) is 9.59 Å². The van der Waals surface area contributed by atoms with E-state index in [9.17, 15) is 9.59 Å². The average Bonchev–Trinajstić information content (AvgIpc) is 2.49. The summed E-state index contributed by atoms with van der Waals surface area (Å²) in [6.45, 7) is 7.78. The van der Waals surface area contributed by atoms with Gasteiger partial charge in [0.05, 0.1) is 16.8 Å². The molecule has 1 aromatic carbocycles. The number of amides is 2. The monoisotopic (exact) mass is 353 g/mol. The molecule has 24 heavy (non-hydrogen) atoms. The molecule has 0 saturated heterocycles. The van der Waals surface area contributed by atoms with Crippen molar-refractivity contribution in [2.75, 3.05) is 17.2 Å². The van der Waals surface area contributed by atoms with Gasteiger partial charge in [0, 0.05) is 31.1 Å². The first-order valence-corrected chi connectivity index (χ1v) is 8.28. The molecule has 2 rings (SSSR count). The number of halogens is 1. The van der Waals surface area contributed by atoms with Gasteiger partial charge in [0.15, 0.2) is 0 Å². The van der Waals surface area contributed by atoms with E-state index in [4.69, 9.17) is 22.1 Å². The highest BCUT2D eigenvalue weighted by molar-refractivity contribution is 6.34. The SMILES string of the molecule is CCOC1CC(N)(C(=O)Nc2ccc(NC(C)=O)c(Cl)c2)C1(C)C. The third kappa shape index (κ3) is 3.27. The summed E-state index contributed by atoms with van der Waals surface area (Å²) < 4.78 is 5.64. The topological polar surface area (TPSA) is 93.4 Å². The van der Waals surface area contributed by atoms with Gasteiger partial charge in [-0.05, 0) is 25.1 Å². The number of benzene rings is 1. The van der Waals surface area contributed by atoms with Crippen LogP contribution in [-0.4, -0.2) is 30.1 Å². The molecule has 0 heterocycles. The Morgan fingerprint density at radius 1 is 1.38 bits per heavy atom. The number of hydrogen-bond acceptors (Lipinski definition) is 4. The van der Waals surface area contributed by atoms with Crippen molar-refractivity contribution in [1.82, 2.24) is 0 Å². The number of rotatable bonds is 5. The van der Waals surface area contributed by atoms with Gasteiger partial charge in [0.1, 0.15) is 5.54 Å². The summed E-state index contributed by atoms with van der Waals surface area (Å²) in [4.78, 5) is 23.7. The Balaban J connectivity index is 2.10. The molecule has 0 bridgehead atoms. The molecular weight excluding hydrogens is 330 g/mol. The van der Waals surface area contributed by atoms with Crippen LogP contribution in [0.5, 0.6) is 0 Å². The third-order valence-corrected chi connectivity index (χ3v) is 5.09. The first kappa shape index (κ1) is 18.7. The fourth-order valence-corrected chi connectivity index (χ4v) is 3.17. The van der Waals surface area contributed by atoms with Gasteiger partial charge < -0.3 is 21.1 Å². The van der Waals surface area contributed by atoms with Crippen molar-refractivity contribution in [3.63, 3.8) is 0 Å². The van der Waals surface area contributed by atoms with Crippen molar-refractivity contribution in [2.45, 2.75) is 45.8 Å². The van der Waals surface area contributed by atoms with E-state index in [1.165, 1.54) is 6.92 Å². The number of anilines is 2. The summed E-state index contributed by atoms with van der Waals surface area (Å²) >= 11 is 6.12. The van der Waals surface area contributed by atoms with E-state index in [1.807, 2.05) is 20.8 Å². The zero-order valence-corrected chi connectivity index (χ0v) is 15.2. The van der Waals surface area contributed by atoms with Crippen LogP contribution in [0.25, 0.3) is 0 Å². The summed E-state index contributed by atoms with van der Waals surface area (Å²) in [7, 11) is 0. The van der Waals surface area contributed by atoms with Crippen molar-refractivity contribution >= 4 is 34.8 Å². The number of hydrogen-bond donors (Lipinski definition) is 3. The van der Waals surface area contributed by atoms with E-state index in [1.54, 1.807) is 18.2 Å². The normalized spacial score (nSPS) is 24.8. The predicted molar refractivity (Wildman–Crippen MR) is 95.1 cm³/mol. The van der Waals surface area contributed by atoms with Crippen molar-refractivity contribution in [1.29, 1.82) is 0 Å². The number of ether oxygens (including phenoxy) is 1. The Morgan fingerprint density at radius 2 is 2.04 bits per heavy atom. The average molecular weight is 354 g/mol. The zero-order valence-electron chi connectivity index (χ0n) is 14.4. The molecule has 1 aliphatic carbocycles. The number of nitrogens with two attached hydrogens (primary N) is 1. The lowest BCUT2D eigenvalue weighted by atomic mass is 9.54. The molecule has 0 spiro atoms. The van der Waals surface area contributed by atoms with Crippen LogP contribution in [0.3, 0.4) is 0 Å². The molecule has 4 N–H and O–H groups in total. The first-order chi connectivity index (χ1) is 11.1.